The van der Waals surface area contributed by atoms with Crippen molar-refractivity contribution >= 4 is 41.5 Å². The average Bonchev–Trinajstić information content (AvgIpc) is 2.35. The van der Waals surface area contributed by atoms with E-state index in [9.17, 15) is 0 Å². The predicted octanol–water partition coefficient (Wildman–Crippen LogP) is 3.55. The fourth-order valence-electron chi connectivity index (χ4n) is 1.44. The highest BCUT2D eigenvalue weighted by Crippen LogP contribution is 2.46. The topological polar surface area (TPSA) is 54.5 Å². The second-order valence-electron chi connectivity index (χ2n) is 4.86. The zero-order chi connectivity index (χ0) is 15.9. The summed E-state index contributed by atoms with van der Waals surface area (Å²) in [5.74, 6) is 0. The molecule has 0 aliphatic carbocycles. The maximum absolute atomic E-state index is 5.71. The highest BCUT2D eigenvalue weighted by Gasteiger charge is 2.23. The third kappa shape index (κ3) is 7.74. The summed E-state index contributed by atoms with van der Waals surface area (Å²) in [6.45, 7) is 4.96. The van der Waals surface area contributed by atoms with Gasteiger partial charge in [0.05, 0.1) is 17.9 Å². The third-order valence-electron chi connectivity index (χ3n) is 2.03. The van der Waals surface area contributed by atoms with Crippen LogP contribution in [-0.2, 0) is 20.9 Å². The molecule has 1 aromatic rings. The summed E-state index contributed by atoms with van der Waals surface area (Å²) in [5.41, 5.74) is 6.75. The van der Waals surface area contributed by atoms with Crippen molar-refractivity contribution in [2.24, 2.45) is 0 Å². The molecule has 0 saturated heterocycles. The van der Waals surface area contributed by atoms with Gasteiger partial charge >= 0.3 is 0 Å². The van der Waals surface area contributed by atoms with Crippen molar-refractivity contribution in [3.8, 4) is 0 Å². The molecule has 0 radical (unpaired) electrons. The SMILES string of the molecule is CC(C)OP(=S)(NC(=S)NNc1ccccc1)OC(C)C. The van der Waals surface area contributed by atoms with Crippen LogP contribution in [0.1, 0.15) is 27.7 Å². The van der Waals surface area contributed by atoms with E-state index < -0.39 is 6.64 Å². The summed E-state index contributed by atoms with van der Waals surface area (Å²) in [7, 11) is 0. The molecule has 0 heterocycles. The van der Waals surface area contributed by atoms with Crippen molar-refractivity contribution in [3.05, 3.63) is 30.3 Å². The van der Waals surface area contributed by atoms with Crippen molar-refractivity contribution < 1.29 is 9.05 Å². The Morgan fingerprint density at radius 1 is 1.05 bits per heavy atom. The minimum atomic E-state index is -2.67. The Labute approximate surface area is 137 Å². The monoisotopic (exact) mass is 347 g/mol. The Kier molecular flexibility index (Phi) is 7.56. The van der Waals surface area contributed by atoms with Gasteiger partial charge in [0.2, 0.25) is 0 Å². The minimum Gasteiger partial charge on any atom is -0.311 e. The summed E-state index contributed by atoms with van der Waals surface area (Å²) in [6, 6.07) is 9.62. The van der Waals surface area contributed by atoms with Gasteiger partial charge in [-0.15, -0.1) is 0 Å². The Morgan fingerprint density at radius 3 is 2.05 bits per heavy atom. The first kappa shape index (κ1) is 18.3. The molecule has 0 aliphatic rings. The van der Waals surface area contributed by atoms with Gasteiger partial charge in [-0.1, -0.05) is 18.2 Å². The second kappa shape index (κ2) is 8.66. The van der Waals surface area contributed by atoms with Gasteiger partial charge in [0.25, 0.3) is 6.64 Å². The Hall–Kier alpha value is -0.720. The number of hydrazine groups is 1. The first-order valence-corrected chi connectivity index (χ1v) is 9.71. The number of benzene rings is 1. The molecule has 0 amide bonds. The number of thiocarbonyl (C=S) groups is 1. The van der Waals surface area contributed by atoms with Gasteiger partial charge in [0, 0.05) is 0 Å². The van der Waals surface area contributed by atoms with Gasteiger partial charge in [0.15, 0.2) is 5.11 Å². The Balaban J connectivity index is 2.57. The van der Waals surface area contributed by atoms with E-state index in [4.69, 9.17) is 33.1 Å². The summed E-state index contributed by atoms with van der Waals surface area (Å²) in [4.78, 5) is 0. The van der Waals surface area contributed by atoms with Crippen molar-refractivity contribution in [3.63, 3.8) is 0 Å². The van der Waals surface area contributed by atoms with E-state index in [2.05, 4.69) is 15.9 Å². The number of para-hydroxylation sites is 1. The fourth-order valence-corrected chi connectivity index (χ4v) is 4.90. The van der Waals surface area contributed by atoms with Crippen molar-refractivity contribution in [1.82, 2.24) is 10.5 Å². The molecule has 0 bridgehead atoms. The van der Waals surface area contributed by atoms with Crippen LogP contribution >= 0.6 is 18.9 Å². The summed E-state index contributed by atoms with van der Waals surface area (Å²) in [6.07, 6.45) is -0.0982. The molecule has 0 aromatic heterocycles. The summed E-state index contributed by atoms with van der Waals surface area (Å²) >= 11 is 10.7. The average molecular weight is 347 g/mol. The van der Waals surface area contributed by atoms with E-state index in [-0.39, 0.29) is 12.2 Å². The van der Waals surface area contributed by atoms with Crippen LogP contribution in [0.4, 0.5) is 5.69 Å². The molecule has 1 aromatic carbocycles. The molecule has 3 N–H and O–H groups in total. The van der Waals surface area contributed by atoms with E-state index in [1.165, 1.54) is 0 Å². The molecule has 0 fully saturated rings. The Morgan fingerprint density at radius 2 is 1.57 bits per heavy atom. The van der Waals surface area contributed by atoms with Gasteiger partial charge in [-0.3, -0.25) is 15.9 Å². The highest BCUT2D eigenvalue weighted by atomic mass is 32.5. The van der Waals surface area contributed by atoms with E-state index in [1.54, 1.807) is 0 Å². The zero-order valence-corrected chi connectivity index (χ0v) is 15.1. The molecular weight excluding hydrogens is 325 g/mol. The first-order valence-electron chi connectivity index (χ1n) is 6.67. The molecular formula is C13H22N3O2PS2. The minimum absolute atomic E-state index is 0.0491. The summed E-state index contributed by atoms with van der Waals surface area (Å²) < 4.78 is 11.4. The molecule has 0 aliphatic heterocycles. The van der Waals surface area contributed by atoms with Gasteiger partial charge in [-0.25, -0.2) is 0 Å². The lowest BCUT2D eigenvalue weighted by atomic mass is 10.3. The van der Waals surface area contributed by atoms with Crippen LogP contribution in [0.5, 0.6) is 0 Å². The molecule has 0 atom stereocenters. The van der Waals surface area contributed by atoms with Crippen LogP contribution in [-0.4, -0.2) is 17.3 Å². The van der Waals surface area contributed by atoms with Gasteiger partial charge in [-0.05, 0) is 63.9 Å². The van der Waals surface area contributed by atoms with Crippen LogP contribution in [0.25, 0.3) is 0 Å². The van der Waals surface area contributed by atoms with E-state index in [0.717, 1.165) is 5.69 Å². The standard InChI is InChI=1S/C13H22N3O2PS2/c1-10(2)17-19(21,18-11(3)4)16-13(20)15-14-12-8-6-5-7-9-12/h5-11,14H,1-4H3,(H2,15,16,20,21). The van der Waals surface area contributed by atoms with Crippen LogP contribution in [0.15, 0.2) is 30.3 Å². The van der Waals surface area contributed by atoms with Crippen LogP contribution in [0, 0.1) is 0 Å². The maximum Gasteiger partial charge on any atom is 0.289 e. The first-order chi connectivity index (χ1) is 9.81. The predicted molar refractivity (Wildman–Crippen MR) is 95.7 cm³/mol. The van der Waals surface area contributed by atoms with Crippen molar-refractivity contribution in [2.45, 2.75) is 39.9 Å². The smallest absolute Gasteiger partial charge is 0.289 e. The number of rotatable bonds is 7. The van der Waals surface area contributed by atoms with Crippen LogP contribution in [0.3, 0.4) is 0 Å². The zero-order valence-electron chi connectivity index (χ0n) is 12.6. The fraction of sp³-hybridized carbons (Fsp3) is 0.462. The molecule has 8 heteroatoms. The largest absolute Gasteiger partial charge is 0.311 e. The molecule has 118 valence electrons. The van der Waals surface area contributed by atoms with Crippen molar-refractivity contribution in [1.29, 1.82) is 0 Å². The third-order valence-corrected chi connectivity index (χ3v) is 5.07. The second-order valence-corrected chi connectivity index (χ2v) is 8.35. The maximum atomic E-state index is 5.71. The van der Waals surface area contributed by atoms with Gasteiger partial charge < -0.3 is 9.05 Å². The van der Waals surface area contributed by atoms with Crippen LogP contribution in [0.2, 0.25) is 0 Å². The number of hydrogen-bond donors (Lipinski definition) is 3. The highest BCUT2D eigenvalue weighted by molar-refractivity contribution is 8.09. The van der Waals surface area contributed by atoms with Gasteiger partial charge in [-0.2, -0.15) is 0 Å². The molecule has 1 rings (SSSR count). The molecule has 0 unspecified atom stereocenters. The molecule has 0 saturated carbocycles. The Bertz CT molecular complexity index is 483. The number of hydrogen-bond acceptors (Lipinski definition) is 5. The normalized spacial score (nSPS) is 11.5. The lowest BCUT2D eigenvalue weighted by Crippen LogP contribution is -2.38. The lowest BCUT2D eigenvalue weighted by molar-refractivity contribution is 0.172. The van der Waals surface area contributed by atoms with E-state index in [1.807, 2.05) is 58.0 Å². The number of nitrogens with one attached hydrogen (secondary N) is 3. The quantitative estimate of drug-likeness (QED) is 0.396. The van der Waals surface area contributed by atoms with Gasteiger partial charge in [0.1, 0.15) is 0 Å². The number of anilines is 1. The molecule has 21 heavy (non-hydrogen) atoms. The van der Waals surface area contributed by atoms with E-state index in [0.29, 0.717) is 5.11 Å². The van der Waals surface area contributed by atoms with E-state index >= 15 is 0 Å². The molecule has 0 spiro atoms. The lowest BCUT2D eigenvalue weighted by Gasteiger charge is -2.27. The summed E-state index contributed by atoms with van der Waals surface area (Å²) in [5, 5.41) is 3.30. The molecule has 5 nitrogen and oxygen atoms in total. The van der Waals surface area contributed by atoms with Crippen molar-refractivity contribution in [2.75, 3.05) is 5.43 Å². The van der Waals surface area contributed by atoms with Crippen LogP contribution < -0.4 is 15.9 Å².